The zero-order chi connectivity index (χ0) is 22.3. The van der Waals surface area contributed by atoms with Crippen molar-refractivity contribution >= 4 is 16.8 Å². The van der Waals surface area contributed by atoms with Crippen LogP contribution in [0.2, 0.25) is 0 Å². The maximum Gasteiger partial charge on any atom is 0.254 e. The summed E-state index contributed by atoms with van der Waals surface area (Å²) in [6.07, 6.45) is 4.57. The Morgan fingerprint density at radius 2 is 1.88 bits per heavy atom. The number of ether oxygens (including phenoxy) is 1. The normalized spacial score (nSPS) is 12.1. The Balaban J connectivity index is 1.25. The molecule has 164 valence electrons. The molecule has 0 aliphatic carbocycles. The maximum atomic E-state index is 12.0. The molecule has 4 rings (SSSR count). The van der Waals surface area contributed by atoms with Crippen LogP contribution in [0.1, 0.15) is 28.4 Å². The van der Waals surface area contributed by atoms with Crippen LogP contribution in [-0.4, -0.2) is 35.5 Å². The van der Waals surface area contributed by atoms with Crippen LogP contribution < -0.4 is 10.1 Å². The Bertz CT molecular complexity index is 1160. The van der Waals surface area contributed by atoms with E-state index in [0.717, 1.165) is 29.7 Å². The number of benzene rings is 2. The van der Waals surface area contributed by atoms with Gasteiger partial charge in [-0.2, -0.15) is 0 Å². The van der Waals surface area contributed by atoms with Crippen LogP contribution in [0.5, 0.6) is 5.75 Å². The molecule has 0 aliphatic heterocycles. The Kier molecular flexibility index (Phi) is 6.82. The standard InChI is InChI=1S/C26H27N3O3/c1-19(15-28-26(30)23-11-13-31-18-23)32-24-8-5-20(6-9-24)16-29(2)17-21-7-10-25-22(14-21)4-3-12-27-25/h3-14,18-19H,15-17H2,1-2H3,(H,28,30)/t19-/m1/s1. The molecule has 1 N–H and O–H groups in total. The van der Waals surface area contributed by atoms with Gasteiger partial charge in [-0.25, -0.2) is 0 Å². The van der Waals surface area contributed by atoms with Crippen molar-refractivity contribution in [3.05, 3.63) is 96.1 Å². The molecule has 0 bridgehead atoms. The first-order valence-corrected chi connectivity index (χ1v) is 10.6. The summed E-state index contributed by atoms with van der Waals surface area (Å²) in [6.45, 7) is 4.03. The fourth-order valence-corrected chi connectivity index (χ4v) is 3.58. The first-order chi connectivity index (χ1) is 15.6. The van der Waals surface area contributed by atoms with Gasteiger partial charge in [-0.1, -0.05) is 24.3 Å². The number of nitrogens with zero attached hydrogens (tertiary/aromatic N) is 2. The molecule has 0 aliphatic rings. The average molecular weight is 430 g/mol. The summed E-state index contributed by atoms with van der Waals surface area (Å²) in [7, 11) is 2.11. The molecule has 32 heavy (non-hydrogen) atoms. The van der Waals surface area contributed by atoms with Gasteiger partial charge in [0.15, 0.2) is 0 Å². The molecule has 0 fully saturated rings. The van der Waals surface area contributed by atoms with Gasteiger partial charge in [0.1, 0.15) is 18.1 Å². The van der Waals surface area contributed by atoms with E-state index in [-0.39, 0.29) is 12.0 Å². The van der Waals surface area contributed by atoms with Gasteiger partial charge < -0.3 is 14.5 Å². The van der Waals surface area contributed by atoms with Crippen molar-refractivity contribution in [1.29, 1.82) is 0 Å². The molecule has 2 aromatic carbocycles. The summed E-state index contributed by atoms with van der Waals surface area (Å²) >= 11 is 0. The van der Waals surface area contributed by atoms with Crippen LogP contribution in [-0.2, 0) is 13.1 Å². The topological polar surface area (TPSA) is 67.6 Å². The number of nitrogens with one attached hydrogen (secondary N) is 1. The van der Waals surface area contributed by atoms with Crippen molar-refractivity contribution < 1.29 is 13.9 Å². The van der Waals surface area contributed by atoms with Crippen LogP contribution in [0.4, 0.5) is 0 Å². The zero-order valence-electron chi connectivity index (χ0n) is 18.3. The third-order valence-corrected chi connectivity index (χ3v) is 5.17. The van der Waals surface area contributed by atoms with Crippen molar-refractivity contribution in [3.8, 4) is 5.75 Å². The highest BCUT2D eigenvalue weighted by atomic mass is 16.5. The highest BCUT2D eigenvalue weighted by molar-refractivity contribution is 5.93. The summed E-state index contributed by atoms with van der Waals surface area (Å²) in [4.78, 5) is 18.6. The second kappa shape index (κ2) is 10.1. The van der Waals surface area contributed by atoms with Gasteiger partial charge in [-0.05, 0) is 61.5 Å². The Labute approximate surface area is 187 Å². The number of hydrogen-bond acceptors (Lipinski definition) is 5. The number of rotatable bonds is 9. The summed E-state index contributed by atoms with van der Waals surface area (Å²) in [6, 6.07) is 20.2. The molecule has 1 amide bonds. The minimum absolute atomic E-state index is 0.151. The summed E-state index contributed by atoms with van der Waals surface area (Å²) < 4.78 is 10.8. The molecule has 0 unspecified atom stereocenters. The highest BCUT2D eigenvalue weighted by Gasteiger charge is 2.10. The number of fused-ring (bicyclic) bond motifs is 1. The fraction of sp³-hybridized carbons (Fsp3) is 0.231. The van der Waals surface area contributed by atoms with Crippen molar-refractivity contribution in [3.63, 3.8) is 0 Å². The maximum absolute atomic E-state index is 12.0. The second-order valence-electron chi connectivity index (χ2n) is 8.00. The van der Waals surface area contributed by atoms with Gasteiger partial charge in [0.2, 0.25) is 0 Å². The minimum atomic E-state index is -0.171. The molecule has 2 aromatic heterocycles. The third-order valence-electron chi connectivity index (χ3n) is 5.17. The second-order valence-corrected chi connectivity index (χ2v) is 8.00. The average Bonchev–Trinajstić information content (AvgIpc) is 3.34. The predicted octanol–water partition coefficient (Wildman–Crippen LogP) is 4.66. The van der Waals surface area contributed by atoms with E-state index in [4.69, 9.17) is 9.15 Å². The first-order valence-electron chi connectivity index (χ1n) is 10.6. The van der Waals surface area contributed by atoms with E-state index in [1.54, 1.807) is 6.07 Å². The van der Waals surface area contributed by atoms with E-state index in [0.29, 0.717) is 12.1 Å². The molecular weight excluding hydrogens is 402 g/mol. The SMILES string of the molecule is C[C@H](CNC(=O)c1ccoc1)Oc1ccc(CN(C)Cc2ccc3ncccc3c2)cc1. The van der Waals surface area contributed by atoms with Crippen LogP contribution >= 0.6 is 0 Å². The van der Waals surface area contributed by atoms with Crippen molar-refractivity contribution in [2.45, 2.75) is 26.1 Å². The summed E-state index contributed by atoms with van der Waals surface area (Å²) in [5.74, 6) is 0.610. The Hall–Kier alpha value is -3.64. The molecule has 4 aromatic rings. The van der Waals surface area contributed by atoms with Gasteiger partial charge in [-0.15, -0.1) is 0 Å². The lowest BCUT2D eigenvalue weighted by atomic mass is 10.1. The van der Waals surface area contributed by atoms with Crippen LogP contribution in [0.25, 0.3) is 10.9 Å². The van der Waals surface area contributed by atoms with E-state index in [9.17, 15) is 4.79 Å². The summed E-state index contributed by atoms with van der Waals surface area (Å²) in [5.41, 5.74) is 4.00. The number of amides is 1. The Morgan fingerprint density at radius 3 is 2.66 bits per heavy atom. The van der Waals surface area contributed by atoms with Gasteiger partial charge in [0.25, 0.3) is 5.91 Å². The van der Waals surface area contributed by atoms with Gasteiger partial charge in [0, 0.05) is 24.7 Å². The number of hydrogen-bond donors (Lipinski definition) is 1. The largest absolute Gasteiger partial charge is 0.489 e. The molecule has 1 atom stereocenters. The molecule has 0 radical (unpaired) electrons. The van der Waals surface area contributed by atoms with Crippen molar-refractivity contribution in [2.75, 3.05) is 13.6 Å². The van der Waals surface area contributed by atoms with E-state index in [1.807, 2.05) is 31.3 Å². The monoisotopic (exact) mass is 429 g/mol. The molecule has 2 heterocycles. The van der Waals surface area contributed by atoms with Crippen LogP contribution in [0.3, 0.4) is 0 Å². The lowest BCUT2D eigenvalue weighted by Gasteiger charge is -2.18. The van der Waals surface area contributed by atoms with E-state index in [2.05, 4.69) is 58.6 Å². The predicted molar refractivity (Wildman–Crippen MR) is 124 cm³/mol. The van der Waals surface area contributed by atoms with Crippen LogP contribution in [0, 0.1) is 0 Å². The molecular formula is C26H27N3O3. The lowest BCUT2D eigenvalue weighted by molar-refractivity contribution is 0.0931. The van der Waals surface area contributed by atoms with Gasteiger partial charge in [-0.3, -0.25) is 14.7 Å². The van der Waals surface area contributed by atoms with Crippen LogP contribution in [0.15, 0.2) is 83.8 Å². The van der Waals surface area contributed by atoms with E-state index < -0.39 is 0 Å². The molecule has 6 heteroatoms. The summed E-state index contributed by atoms with van der Waals surface area (Å²) in [5, 5.41) is 4.00. The molecule has 0 saturated carbocycles. The van der Waals surface area contributed by atoms with E-state index in [1.165, 1.54) is 23.7 Å². The number of aromatic nitrogens is 1. The fourth-order valence-electron chi connectivity index (χ4n) is 3.58. The van der Waals surface area contributed by atoms with E-state index >= 15 is 0 Å². The highest BCUT2D eigenvalue weighted by Crippen LogP contribution is 2.18. The third kappa shape index (κ3) is 5.74. The number of carbonyl (C=O) groups excluding carboxylic acids is 1. The molecule has 0 spiro atoms. The van der Waals surface area contributed by atoms with Gasteiger partial charge in [0.05, 0.1) is 23.9 Å². The molecule has 0 saturated heterocycles. The minimum Gasteiger partial charge on any atom is -0.489 e. The number of furan rings is 1. The van der Waals surface area contributed by atoms with Gasteiger partial charge >= 0.3 is 0 Å². The number of pyridine rings is 1. The quantitative estimate of drug-likeness (QED) is 0.419. The van der Waals surface area contributed by atoms with Crippen molar-refractivity contribution in [2.24, 2.45) is 0 Å². The zero-order valence-corrected chi connectivity index (χ0v) is 18.3. The number of carbonyl (C=O) groups is 1. The Morgan fingerprint density at radius 1 is 1.09 bits per heavy atom. The first kappa shape index (κ1) is 21.6. The lowest BCUT2D eigenvalue weighted by Crippen LogP contribution is -2.33. The van der Waals surface area contributed by atoms with Crippen molar-refractivity contribution in [1.82, 2.24) is 15.2 Å². The molecule has 6 nitrogen and oxygen atoms in total. The smallest absolute Gasteiger partial charge is 0.254 e.